The van der Waals surface area contributed by atoms with Crippen LogP contribution in [0, 0.1) is 3.57 Å². The summed E-state index contributed by atoms with van der Waals surface area (Å²) in [6.07, 6.45) is 3.15. The molecule has 0 bridgehead atoms. The van der Waals surface area contributed by atoms with Gasteiger partial charge in [-0.25, -0.2) is 9.48 Å². The van der Waals surface area contributed by atoms with E-state index in [1.165, 1.54) is 6.20 Å². The van der Waals surface area contributed by atoms with Gasteiger partial charge in [0.1, 0.15) is 0 Å². The first kappa shape index (κ1) is 12.1. The SMILES string of the molecule is O=C(O)c1nn(-c2cccc(I)c2)c2ccncc12. The summed E-state index contributed by atoms with van der Waals surface area (Å²) >= 11 is 2.21. The molecule has 94 valence electrons. The lowest BCUT2D eigenvalue weighted by atomic mass is 10.2. The largest absolute Gasteiger partial charge is 0.476 e. The molecule has 0 aliphatic rings. The molecule has 0 fully saturated rings. The minimum atomic E-state index is -1.05. The first-order valence-corrected chi connectivity index (χ1v) is 6.56. The smallest absolute Gasteiger partial charge is 0.357 e. The Hall–Kier alpha value is -1.96. The number of benzene rings is 1. The number of aromatic carboxylic acids is 1. The summed E-state index contributed by atoms with van der Waals surface area (Å²) < 4.78 is 2.69. The van der Waals surface area contributed by atoms with Gasteiger partial charge < -0.3 is 5.11 Å². The van der Waals surface area contributed by atoms with Gasteiger partial charge in [0.15, 0.2) is 5.69 Å². The molecule has 0 atom stereocenters. The van der Waals surface area contributed by atoms with Crippen LogP contribution < -0.4 is 0 Å². The van der Waals surface area contributed by atoms with Crippen molar-refractivity contribution in [3.05, 3.63) is 52.0 Å². The summed E-state index contributed by atoms with van der Waals surface area (Å²) in [6.45, 7) is 0. The predicted octanol–water partition coefficient (Wildman–Crippen LogP) is 2.72. The lowest BCUT2D eigenvalue weighted by molar-refractivity contribution is 0.0692. The Morgan fingerprint density at radius 3 is 2.89 bits per heavy atom. The van der Waals surface area contributed by atoms with Crippen molar-refractivity contribution >= 4 is 39.5 Å². The van der Waals surface area contributed by atoms with E-state index in [2.05, 4.69) is 32.7 Å². The Morgan fingerprint density at radius 1 is 1.32 bits per heavy atom. The van der Waals surface area contributed by atoms with Crippen molar-refractivity contribution in [1.82, 2.24) is 14.8 Å². The molecular formula is C13H8IN3O2. The number of carboxylic acids is 1. The Kier molecular flexibility index (Phi) is 2.94. The minimum absolute atomic E-state index is 0.0157. The molecule has 2 aromatic heterocycles. The standard InChI is InChI=1S/C13H8IN3O2/c14-8-2-1-3-9(6-8)17-11-4-5-15-7-10(11)12(16-17)13(18)19/h1-7H,(H,18,19). The van der Waals surface area contributed by atoms with Crippen LogP contribution in [0.1, 0.15) is 10.5 Å². The van der Waals surface area contributed by atoms with E-state index in [9.17, 15) is 9.90 Å². The van der Waals surface area contributed by atoms with Crippen LogP contribution in [0.15, 0.2) is 42.7 Å². The first-order chi connectivity index (χ1) is 9.16. The maximum Gasteiger partial charge on any atom is 0.357 e. The van der Waals surface area contributed by atoms with Crippen LogP contribution in [-0.4, -0.2) is 25.8 Å². The van der Waals surface area contributed by atoms with E-state index in [1.807, 2.05) is 24.3 Å². The summed E-state index contributed by atoms with van der Waals surface area (Å²) in [5, 5.41) is 13.9. The number of carboxylic acid groups (broad SMARTS) is 1. The highest BCUT2D eigenvalue weighted by Crippen LogP contribution is 2.22. The molecule has 3 aromatic rings. The summed E-state index contributed by atoms with van der Waals surface area (Å²) in [4.78, 5) is 15.2. The Morgan fingerprint density at radius 2 is 2.16 bits per heavy atom. The van der Waals surface area contributed by atoms with Gasteiger partial charge in [-0.05, 0) is 46.9 Å². The monoisotopic (exact) mass is 365 g/mol. The van der Waals surface area contributed by atoms with Gasteiger partial charge in [-0.15, -0.1) is 0 Å². The van der Waals surface area contributed by atoms with Crippen molar-refractivity contribution in [1.29, 1.82) is 0 Å². The maximum absolute atomic E-state index is 11.2. The number of carbonyl (C=O) groups is 1. The third-order valence-electron chi connectivity index (χ3n) is 2.74. The van der Waals surface area contributed by atoms with Gasteiger partial charge in [-0.1, -0.05) is 6.07 Å². The van der Waals surface area contributed by atoms with E-state index < -0.39 is 5.97 Å². The zero-order valence-corrected chi connectivity index (χ0v) is 11.8. The van der Waals surface area contributed by atoms with Crippen molar-refractivity contribution in [2.45, 2.75) is 0 Å². The van der Waals surface area contributed by atoms with Crippen molar-refractivity contribution in [2.24, 2.45) is 0 Å². The Bertz CT molecular complexity index is 782. The van der Waals surface area contributed by atoms with Crippen LogP contribution >= 0.6 is 22.6 Å². The van der Waals surface area contributed by atoms with Crippen molar-refractivity contribution in [3.63, 3.8) is 0 Å². The highest BCUT2D eigenvalue weighted by molar-refractivity contribution is 14.1. The topological polar surface area (TPSA) is 68.0 Å². The summed E-state index contributed by atoms with van der Waals surface area (Å²) in [6, 6.07) is 9.47. The fraction of sp³-hybridized carbons (Fsp3) is 0. The van der Waals surface area contributed by atoms with Crippen LogP contribution in [0.4, 0.5) is 0 Å². The zero-order chi connectivity index (χ0) is 13.4. The molecule has 6 heteroatoms. The highest BCUT2D eigenvalue weighted by atomic mass is 127. The second-order valence-electron chi connectivity index (χ2n) is 3.94. The number of hydrogen-bond acceptors (Lipinski definition) is 3. The van der Waals surface area contributed by atoms with Crippen LogP contribution in [0.2, 0.25) is 0 Å². The van der Waals surface area contributed by atoms with Gasteiger partial charge in [0.2, 0.25) is 0 Å². The van der Waals surface area contributed by atoms with E-state index in [1.54, 1.807) is 16.9 Å². The van der Waals surface area contributed by atoms with Crippen molar-refractivity contribution < 1.29 is 9.90 Å². The quantitative estimate of drug-likeness (QED) is 0.710. The molecule has 2 heterocycles. The van der Waals surface area contributed by atoms with Gasteiger partial charge in [0.25, 0.3) is 0 Å². The number of hydrogen-bond donors (Lipinski definition) is 1. The number of aromatic nitrogens is 3. The van der Waals surface area contributed by atoms with Gasteiger partial charge in [-0.3, -0.25) is 4.98 Å². The van der Waals surface area contributed by atoms with Gasteiger partial charge in [0.05, 0.1) is 16.6 Å². The zero-order valence-electron chi connectivity index (χ0n) is 9.62. The fourth-order valence-corrected chi connectivity index (χ4v) is 2.45. The molecule has 1 aromatic carbocycles. The third kappa shape index (κ3) is 2.07. The van der Waals surface area contributed by atoms with Gasteiger partial charge in [0, 0.05) is 16.0 Å². The maximum atomic E-state index is 11.2. The third-order valence-corrected chi connectivity index (χ3v) is 3.41. The normalized spacial score (nSPS) is 10.8. The number of fused-ring (bicyclic) bond motifs is 1. The van der Waals surface area contributed by atoms with Gasteiger partial charge >= 0.3 is 5.97 Å². The second kappa shape index (κ2) is 4.61. The molecule has 1 N–H and O–H groups in total. The number of nitrogens with zero attached hydrogens (tertiary/aromatic N) is 3. The van der Waals surface area contributed by atoms with Crippen LogP contribution in [0.5, 0.6) is 0 Å². The summed E-state index contributed by atoms with van der Waals surface area (Å²) in [5.41, 5.74) is 1.58. The highest BCUT2D eigenvalue weighted by Gasteiger charge is 2.17. The van der Waals surface area contributed by atoms with Crippen LogP contribution in [-0.2, 0) is 0 Å². The predicted molar refractivity (Wildman–Crippen MR) is 78.5 cm³/mol. The molecule has 0 aliphatic heterocycles. The van der Waals surface area contributed by atoms with Crippen molar-refractivity contribution in [2.75, 3.05) is 0 Å². The molecule has 0 spiro atoms. The van der Waals surface area contributed by atoms with E-state index in [0.29, 0.717) is 5.39 Å². The average molecular weight is 365 g/mol. The van der Waals surface area contributed by atoms with Gasteiger partial charge in [-0.2, -0.15) is 5.10 Å². The van der Waals surface area contributed by atoms with Crippen LogP contribution in [0.25, 0.3) is 16.6 Å². The first-order valence-electron chi connectivity index (χ1n) is 5.49. The Balaban J connectivity index is 2.33. The van der Waals surface area contributed by atoms with Crippen LogP contribution in [0.3, 0.4) is 0 Å². The number of halogens is 1. The van der Waals surface area contributed by atoms with E-state index in [0.717, 1.165) is 14.8 Å². The lowest BCUT2D eigenvalue weighted by Crippen LogP contribution is -2.01. The molecule has 0 aliphatic carbocycles. The second-order valence-corrected chi connectivity index (χ2v) is 5.18. The summed E-state index contributed by atoms with van der Waals surface area (Å²) in [7, 11) is 0. The van der Waals surface area contributed by atoms with E-state index in [4.69, 9.17) is 0 Å². The molecule has 19 heavy (non-hydrogen) atoms. The minimum Gasteiger partial charge on any atom is -0.476 e. The van der Waals surface area contributed by atoms with Crippen molar-refractivity contribution in [3.8, 4) is 5.69 Å². The molecule has 0 unspecified atom stereocenters. The molecule has 5 nitrogen and oxygen atoms in total. The Labute approximate surface area is 122 Å². The molecule has 0 saturated heterocycles. The number of rotatable bonds is 2. The fourth-order valence-electron chi connectivity index (χ4n) is 1.92. The molecule has 0 saturated carbocycles. The molecule has 3 rings (SSSR count). The molecular weight excluding hydrogens is 357 g/mol. The number of pyridine rings is 1. The molecule has 0 amide bonds. The average Bonchev–Trinajstić information content (AvgIpc) is 2.78. The van der Waals surface area contributed by atoms with E-state index >= 15 is 0 Å². The summed E-state index contributed by atoms with van der Waals surface area (Å²) in [5.74, 6) is -1.05. The lowest BCUT2D eigenvalue weighted by Gasteiger charge is -2.03. The molecule has 0 radical (unpaired) electrons. The van der Waals surface area contributed by atoms with E-state index in [-0.39, 0.29) is 5.69 Å².